The van der Waals surface area contributed by atoms with Crippen molar-refractivity contribution in [2.75, 3.05) is 10.2 Å². The average Bonchev–Trinajstić information content (AvgIpc) is 3.09. The fourth-order valence-corrected chi connectivity index (χ4v) is 3.43. The number of benzene rings is 2. The topological polar surface area (TPSA) is 93.0 Å². The molecule has 0 saturated carbocycles. The van der Waals surface area contributed by atoms with Crippen LogP contribution in [0.2, 0.25) is 0 Å². The molecule has 4 rings (SSSR count). The third-order valence-corrected chi connectivity index (χ3v) is 4.89. The Kier molecular flexibility index (Phi) is 5.17. The molecule has 0 spiro atoms. The van der Waals surface area contributed by atoms with E-state index in [1.165, 1.54) is 18.2 Å². The molecule has 31 heavy (non-hydrogen) atoms. The van der Waals surface area contributed by atoms with Gasteiger partial charge in [0.2, 0.25) is 11.7 Å². The van der Waals surface area contributed by atoms with Crippen LogP contribution in [0, 0.1) is 6.92 Å². The normalized spacial score (nSPS) is 16.5. The summed E-state index contributed by atoms with van der Waals surface area (Å²) < 4.78 is 41.4. The summed E-state index contributed by atoms with van der Waals surface area (Å²) in [6, 6.07) is 10.8. The number of carbonyl (C=O) groups is 2. The third-order valence-electron chi connectivity index (χ3n) is 4.89. The Morgan fingerprint density at radius 3 is 2.61 bits per heavy atom. The number of para-hydroxylation sites is 2. The SMILES string of the molecule is Cc1ccccc1-c1nnn(CC(=O)N2c3ccccc3NC(=O)C[C@H]2C(F)(F)F)n1. The van der Waals surface area contributed by atoms with Crippen molar-refractivity contribution in [3.63, 3.8) is 0 Å². The molecule has 1 aliphatic rings. The fraction of sp³-hybridized carbons (Fsp3) is 0.250. The molecule has 0 unspecified atom stereocenters. The van der Waals surface area contributed by atoms with E-state index in [2.05, 4.69) is 20.7 Å². The zero-order chi connectivity index (χ0) is 22.2. The van der Waals surface area contributed by atoms with Gasteiger partial charge in [-0.1, -0.05) is 36.4 Å². The maximum atomic E-state index is 13.8. The molecule has 2 amide bonds. The van der Waals surface area contributed by atoms with Crippen LogP contribution in [0.1, 0.15) is 12.0 Å². The summed E-state index contributed by atoms with van der Waals surface area (Å²) in [5.74, 6) is -1.49. The van der Waals surface area contributed by atoms with Crippen molar-refractivity contribution in [3.05, 3.63) is 54.1 Å². The van der Waals surface area contributed by atoms with Gasteiger partial charge >= 0.3 is 6.18 Å². The second-order valence-electron chi connectivity index (χ2n) is 7.05. The van der Waals surface area contributed by atoms with E-state index in [1.54, 1.807) is 18.2 Å². The summed E-state index contributed by atoms with van der Waals surface area (Å²) in [4.78, 5) is 26.6. The summed E-state index contributed by atoms with van der Waals surface area (Å²) in [6.45, 7) is 1.28. The second kappa shape index (κ2) is 7.82. The predicted molar refractivity (Wildman–Crippen MR) is 105 cm³/mol. The van der Waals surface area contributed by atoms with E-state index in [-0.39, 0.29) is 17.2 Å². The highest BCUT2D eigenvalue weighted by atomic mass is 19.4. The van der Waals surface area contributed by atoms with Crippen LogP contribution in [0.25, 0.3) is 11.4 Å². The molecule has 1 N–H and O–H groups in total. The van der Waals surface area contributed by atoms with Crippen LogP contribution in [0.15, 0.2) is 48.5 Å². The number of rotatable bonds is 3. The number of aryl methyl sites for hydroxylation is 1. The van der Waals surface area contributed by atoms with Crippen LogP contribution in [0.4, 0.5) is 24.5 Å². The molecule has 3 aromatic rings. The Labute approximate surface area is 174 Å². The lowest BCUT2D eigenvalue weighted by Crippen LogP contribution is -2.50. The summed E-state index contributed by atoms with van der Waals surface area (Å²) in [7, 11) is 0. The zero-order valence-corrected chi connectivity index (χ0v) is 16.3. The van der Waals surface area contributed by atoms with E-state index in [0.29, 0.717) is 10.5 Å². The van der Waals surface area contributed by atoms with Gasteiger partial charge in [0.15, 0.2) is 0 Å². The highest BCUT2D eigenvalue weighted by molar-refractivity contribution is 6.04. The highest BCUT2D eigenvalue weighted by Crippen LogP contribution is 2.37. The molecule has 8 nitrogen and oxygen atoms in total. The van der Waals surface area contributed by atoms with Gasteiger partial charge in [0, 0.05) is 5.56 Å². The monoisotopic (exact) mass is 430 g/mol. The number of aromatic nitrogens is 4. The quantitative estimate of drug-likeness (QED) is 0.690. The molecule has 0 aliphatic carbocycles. The van der Waals surface area contributed by atoms with Gasteiger partial charge in [-0.15, -0.1) is 10.2 Å². The number of anilines is 2. The number of tetrazole rings is 1. The number of hydrogen-bond donors (Lipinski definition) is 1. The number of carbonyl (C=O) groups excluding carboxylic acids is 2. The number of alkyl halides is 3. The van der Waals surface area contributed by atoms with Crippen molar-refractivity contribution in [2.24, 2.45) is 0 Å². The number of hydrogen-bond acceptors (Lipinski definition) is 5. The molecule has 0 bridgehead atoms. The molecule has 0 fully saturated rings. The summed E-state index contributed by atoms with van der Waals surface area (Å²) >= 11 is 0. The van der Waals surface area contributed by atoms with Crippen molar-refractivity contribution in [1.82, 2.24) is 20.2 Å². The van der Waals surface area contributed by atoms with Crippen molar-refractivity contribution in [2.45, 2.75) is 32.1 Å². The standard InChI is InChI=1S/C20H17F3N6O2/c1-12-6-2-3-7-13(12)19-25-27-28(26-19)11-18(31)29-15-9-5-4-8-14(15)24-17(30)10-16(29)20(21,22)23/h2-9,16H,10-11H2,1H3,(H,24,30)/t16-/m0/s1. The van der Waals surface area contributed by atoms with Crippen molar-refractivity contribution in [3.8, 4) is 11.4 Å². The second-order valence-corrected chi connectivity index (χ2v) is 7.05. The number of nitrogens with zero attached hydrogens (tertiary/aromatic N) is 5. The minimum Gasteiger partial charge on any atom is -0.324 e. The molecule has 2 heterocycles. The van der Waals surface area contributed by atoms with Crippen LogP contribution in [-0.2, 0) is 16.1 Å². The van der Waals surface area contributed by atoms with E-state index in [0.717, 1.165) is 10.4 Å². The lowest BCUT2D eigenvalue weighted by molar-refractivity contribution is -0.158. The molecule has 1 aromatic heterocycles. The van der Waals surface area contributed by atoms with Gasteiger partial charge in [-0.25, -0.2) is 0 Å². The molecule has 1 aliphatic heterocycles. The average molecular weight is 430 g/mol. The van der Waals surface area contributed by atoms with Gasteiger partial charge in [-0.05, 0) is 29.8 Å². The molecular weight excluding hydrogens is 413 g/mol. The first-order valence-corrected chi connectivity index (χ1v) is 9.35. The van der Waals surface area contributed by atoms with Crippen LogP contribution in [-0.4, -0.2) is 44.2 Å². The Morgan fingerprint density at radius 2 is 1.87 bits per heavy atom. The highest BCUT2D eigenvalue weighted by Gasteiger charge is 2.49. The van der Waals surface area contributed by atoms with Crippen LogP contribution in [0.3, 0.4) is 0 Å². The van der Waals surface area contributed by atoms with Gasteiger partial charge in [-0.2, -0.15) is 18.0 Å². The largest absolute Gasteiger partial charge is 0.409 e. The van der Waals surface area contributed by atoms with Gasteiger partial charge in [0.25, 0.3) is 5.91 Å². The fourth-order valence-electron chi connectivity index (χ4n) is 3.43. The number of nitrogens with one attached hydrogen (secondary N) is 1. The zero-order valence-electron chi connectivity index (χ0n) is 16.3. The van der Waals surface area contributed by atoms with Crippen molar-refractivity contribution in [1.29, 1.82) is 0 Å². The van der Waals surface area contributed by atoms with Crippen molar-refractivity contribution >= 4 is 23.2 Å². The van der Waals surface area contributed by atoms with Gasteiger partial charge < -0.3 is 5.32 Å². The van der Waals surface area contributed by atoms with E-state index in [4.69, 9.17) is 0 Å². The van der Waals surface area contributed by atoms with Crippen LogP contribution >= 0.6 is 0 Å². The van der Waals surface area contributed by atoms with E-state index < -0.39 is 37.0 Å². The van der Waals surface area contributed by atoms with Gasteiger partial charge in [-0.3, -0.25) is 14.5 Å². The lowest BCUT2D eigenvalue weighted by Gasteiger charge is -2.31. The minimum absolute atomic E-state index is 0.0417. The molecular formula is C20H17F3N6O2. The Bertz CT molecular complexity index is 1140. The Balaban J connectivity index is 1.67. The van der Waals surface area contributed by atoms with Gasteiger partial charge in [0.1, 0.15) is 12.6 Å². The summed E-state index contributed by atoms with van der Waals surface area (Å²) in [5.41, 5.74) is 1.67. The number of amides is 2. The smallest absolute Gasteiger partial charge is 0.324 e. The van der Waals surface area contributed by atoms with E-state index in [9.17, 15) is 22.8 Å². The lowest BCUT2D eigenvalue weighted by atomic mass is 10.1. The summed E-state index contributed by atoms with van der Waals surface area (Å²) in [6.07, 6.45) is -5.73. The molecule has 11 heteroatoms. The Morgan fingerprint density at radius 1 is 1.16 bits per heavy atom. The van der Waals surface area contributed by atoms with E-state index >= 15 is 0 Å². The first-order valence-electron chi connectivity index (χ1n) is 9.35. The predicted octanol–water partition coefficient (Wildman–Crippen LogP) is 2.95. The molecule has 2 aromatic carbocycles. The minimum atomic E-state index is -4.81. The number of fused-ring (bicyclic) bond motifs is 1. The van der Waals surface area contributed by atoms with Gasteiger partial charge in [0.05, 0.1) is 17.8 Å². The summed E-state index contributed by atoms with van der Waals surface area (Å²) in [5, 5.41) is 14.3. The van der Waals surface area contributed by atoms with Crippen LogP contribution in [0.5, 0.6) is 0 Å². The van der Waals surface area contributed by atoms with E-state index in [1.807, 2.05) is 19.1 Å². The maximum absolute atomic E-state index is 13.8. The van der Waals surface area contributed by atoms with Crippen molar-refractivity contribution < 1.29 is 22.8 Å². The molecule has 0 saturated heterocycles. The molecule has 160 valence electrons. The molecule has 1 atom stereocenters. The molecule has 0 radical (unpaired) electrons. The first-order chi connectivity index (χ1) is 14.7. The third kappa shape index (κ3) is 4.11. The van der Waals surface area contributed by atoms with Crippen LogP contribution < -0.4 is 10.2 Å². The first kappa shape index (κ1) is 20.5. The Hall–Kier alpha value is -3.76. The maximum Gasteiger partial charge on any atom is 0.409 e. The number of halogens is 3.